The Bertz CT molecular complexity index is 187. The number of carbonyl (C=O) groups is 1. The van der Waals surface area contributed by atoms with Crippen molar-refractivity contribution >= 4 is 6.29 Å². The Kier molecular flexibility index (Phi) is 2.38. The van der Waals surface area contributed by atoms with Gasteiger partial charge in [-0.25, -0.2) is 0 Å². The lowest BCUT2D eigenvalue weighted by Crippen LogP contribution is -2.39. The molecule has 0 fully saturated rings. The average Bonchev–Trinajstić information content (AvgIpc) is 1.99. The standard InChI is InChI=1S/C7H10O4/c8-3-4-1-5(9)7(11)6(10)2-4/h1,3,5-7,9-11H,2H2. The van der Waals surface area contributed by atoms with Crippen LogP contribution >= 0.6 is 0 Å². The molecule has 0 saturated heterocycles. The van der Waals surface area contributed by atoms with Crippen molar-refractivity contribution in [1.82, 2.24) is 0 Å². The van der Waals surface area contributed by atoms with Crippen molar-refractivity contribution in [3.05, 3.63) is 11.6 Å². The minimum absolute atomic E-state index is 0.113. The van der Waals surface area contributed by atoms with E-state index in [2.05, 4.69) is 0 Å². The number of rotatable bonds is 1. The van der Waals surface area contributed by atoms with Crippen LogP contribution in [-0.2, 0) is 4.79 Å². The molecule has 11 heavy (non-hydrogen) atoms. The fraction of sp³-hybridized carbons (Fsp3) is 0.571. The highest BCUT2D eigenvalue weighted by molar-refractivity contribution is 5.73. The summed E-state index contributed by atoms with van der Waals surface area (Å²) in [7, 11) is 0. The molecule has 1 aliphatic rings. The van der Waals surface area contributed by atoms with E-state index in [4.69, 9.17) is 15.3 Å². The maximum atomic E-state index is 10.2. The lowest BCUT2D eigenvalue weighted by molar-refractivity contribution is -0.106. The van der Waals surface area contributed by atoms with Crippen molar-refractivity contribution in [3.63, 3.8) is 0 Å². The van der Waals surface area contributed by atoms with Gasteiger partial charge in [0.15, 0.2) is 0 Å². The van der Waals surface area contributed by atoms with E-state index in [0.717, 1.165) is 0 Å². The fourth-order valence-corrected chi connectivity index (χ4v) is 1.06. The molecule has 1 aliphatic carbocycles. The van der Waals surface area contributed by atoms with Gasteiger partial charge in [-0.3, -0.25) is 4.79 Å². The molecule has 0 saturated carbocycles. The third-order valence-corrected chi connectivity index (χ3v) is 1.73. The third kappa shape index (κ3) is 1.65. The molecule has 0 aromatic rings. The molecule has 3 unspecified atom stereocenters. The molecular formula is C7H10O4. The van der Waals surface area contributed by atoms with Gasteiger partial charge in [0.25, 0.3) is 0 Å². The molecule has 0 aliphatic heterocycles. The molecule has 0 bridgehead atoms. The van der Waals surface area contributed by atoms with Crippen molar-refractivity contribution in [3.8, 4) is 0 Å². The van der Waals surface area contributed by atoms with Gasteiger partial charge >= 0.3 is 0 Å². The molecule has 1 rings (SSSR count). The van der Waals surface area contributed by atoms with Crippen LogP contribution in [0.25, 0.3) is 0 Å². The second-order valence-corrected chi connectivity index (χ2v) is 2.61. The van der Waals surface area contributed by atoms with Crippen LogP contribution in [0.2, 0.25) is 0 Å². The van der Waals surface area contributed by atoms with E-state index in [-0.39, 0.29) is 6.42 Å². The minimum Gasteiger partial charge on any atom is -0.390 e. The van der Waals surface area contributed by atoms with E-state index in [1.807, 2.05) is 0 Å². The Morgan fingerprint density at radius 3 is 2.55 bits per heavy atom. The number of aldehydes is 1. The number of aliphatic hydroxyl groups excluding tert-OH is 3. The highest BCUT2D eigenvalue weighted by Crippen LogP contribution is 2.17. The SMILES string of the molecule is O=CC1=CC(O)C(O)C(O)C1. The topological polar surface area (TPSA) is 77.8 Å². The van der Waals surface area contributed by atoms with E-state index < -0.39 is 18.3 Å². The lowest BCUT2D eigenvalue weighted by Gasteiger charge is -2.25. The van der Waals surface area contributed by atoms with Crippen molar-refractivity contribution in [1.29, 1.82) is 0 Å². The number of carbonyl (C=O) groups excluding carboxylic acids is 1. The van der Waals surface area contributed by atoms with Gasteiger partial charge in [-0.1, -0.05) is 0 Å². The molecule has 4 heteroatoms. The molecule has 0 aromatic carbocycles. The molecule has 0 amide bonds. The Labute approximate surface area is 63.8 Å². The first-order chi connectivity index (χ1) is 5.15. The summed E-state index contributed by atoms with van der Waals surface area (Å²) in [6, 6.07) is 0. The summed E-state index contributed by atoms with van der Waals surface area (Å²) in [5.74, 6) is 0. The summed E-state index contributed by atoms with van der Waals surface area (Å²) in [6.45, 7) is 0. The van der Waals surface area contributed by atoms with Crippen LogP contribution in [0, 0.1) is 0 Å². The van der Waals surface area contributed by atoms with Crippen LogP contribution in [-0.4, -0.2) is 39.9 Å². The second kappa shape index (κ2) is 3.13. The monoisotopic (exact) mass is 158 g/mol. The van der Waals surface area contributed by atoms with Crippen LogP contribution in [0.4, 0.5) is 0 Å². The quantitative estimate of drug-likeness (QED) is 0.410. The summed E-state index contributed by atoms with van der Waals surface area (Å²) in [6.07, 6.45) is -1.39. The highest BCUT2D eigenvalue weighted by atomic mass is 16.4. The Hall–Kier alpha value is -0.710. The molecule has 4 nitrogen and oxygen atoms in total. The summed E-state index contributed by atoms with van der Waals surface area (Å²) < 4.78 is 0. The fourth-order valence-electron chi connectivity index (χ4n) is 1.06. The van der Waals surface area contributed by atoms with Crippen LogP contribution in [0.1, 0.15) is 6.42 Å². The predicted molar refractivity (Wildman–Crippen MR) is 36.8 cm³/mol. The van der Waals surface area contributed by atoms with Crippen molar-refractivity contribution < 1.29 is 20.1 Å². The Morgan fingerprint density at radius 1 is 1.45 bits per heavy atom. The third-order valence-electron chi connectivity index (χ3n) is 1.73. The van der Waals surface area contributed by atoms with Gasteiger partial charge in [0.1, 0.15) is 18.5 Å². The van der Waals surface area contributed by atoms with Crippen LogP contribution in [0.3, 0.4) is 0 Å². The Morgan fingerprint density at radius 2 is 2.09 bits per heavy atom. The van der Waals surface area contributed by atoms with Gasteiger partial charge in [-0.15, -0.1) is 0 Å². The van der Waals surface area contributed by atoms with E-state index in [1.54, 1.807) is 0 Å². The van der Waals surface area contributed by atoms with Gasteiger partial charge < -0.3 is 15.3 Å². The Balaban J connectivity index is 2.75. The summed E-state index contributed by atoms with van der Waals surface area (Å²) in [5.41, 5.74) is 0.329. The molecule has 0 radical (unpaired) electrons. The zero-order chi connectivity index (χ0) is 8.43. The molecule has 3 atom stereocenters. The number of hydrogen-bond donors (Lipinski definition) is 3. The van der Waals surface area contributed by atoms with Crippen molar-refractivity contribution in [2.75, 3.05) is 0 Å². The minimum atomic E-state index is -1.17. The van der Waals surface area contributed by atoms with Crippen LogP contribution in [0.15, 0.2) is 11.6 Å². The van der Waals surface area contributed by atoms with Crippen molar-refractivity contribution in [2.24, 2.45) is 0 Å². The largest absolute Gasteiger partial charge is 0.390 e. The van der Waals surface area contributed by atoms with E-state index in [9.17, 15) is 4.79 Å². The average molecular weight is 158 g/mol. The van der Waals surface area contributed by atoms with Crippen LogP contribution < -0.4 is 0 Å². The van der Waals surface area contributed by atoms with Crippen molar-refractivity contribution in [2.45, 2.75) is 24.7 Å². The first-order valence-electron chi connectivity index (χ1n) is 3.35. The molecule has 62 valence electrons. The van der Waals surface area contributed by atoms with Gasteiger partial charge in [0, 0.05) is 6.42 Å². The van der Waals surface area contributed by atoms with Gasteiger partial charge in [-0.2, -0.15) is 0 Å². The number of aliphatic hydroxyl groups is 3. The maximum Gasteiger partial charge on any atom is 0.145 e. The molecule has 0 aromatic heterocycles. The molecule has 3 N–H and O–H groups in total. The summed E-state index contributed by atoms with van der Waals surface area (Å²) in [5, 5.41) is 27.0. The number of hydrogen-bond acceptors (Lipinski definition) is 4. The maximum absolute atomic E-state index is 10.2. The smallest absolute Gasteiger partial charge is 0.145 e. The van der Waals surface area contributed by atoms with Gasteiger partial charge in [0.05, 0.1) is 6.10 Å². The van der Waals surface area contributed by atoms with E-state index in [1.165, 1.54) is 6.08 Å². The molecule has 0 spiro atoms. The van der Waals surface area contributed by atoms with Crippen LogP contribution in [0.5, 0.6) is 0 Å². The zero-order valence-corrected chi connectivity index (χ0v) is 5.84. The summed E-state index contributed by atoms with van der Waals surface area (Å²) in [4.78, 5) is 10.2. The lowest BCUT2D eigenvalue weighted by atomic mass is 9.93. The molecule has 0 heterocycles. The molecular weight excluding hydrogens is 148 g/mol. The summed E-state index contributed by atoms with van der Waals surface area (Å²) >= 11 is 0. The predicted octanol–water partition coefficient (Wildman–Crippen LogP) is -1.40. The second-order valence-electron chi connectivity index (χ2n) is 2.61. The normalized spacial score (nSPS) is 38.1. The van der Waals surface area contributed by atoms with E-state index in [0.29, 0.717) is 11.9 Å². The first-order valence-corrected chi connectivity index (χ1v) is 3.35. The zero-order valence-electron chi connectivity index (χ0n) is 5.84. The van der Waals surface area contributed by atoms with Gasteiger partial charge in [-0.05, 0) is 11.6 Å². The van der Waals surface area contributed by atoms with E-state index >= 15 is 0 Å². The highest BCUT2D eigenvalue weighted by Gasteiger charge is 2.28. The van der Waals surface area contributed by atoms with Gasteiger partial charge in [0.2, 0.25) is 0 Å². The first kappa shape index (κ1) is 8.39.